The molecule has 0 atom stereocenters. The Morgan fingerprint density at radius 1 is 1.40 bits per heavy atom. The van der Waals surface area contributed by atoms with Gasteiger partial charge in [-0.1, -0.05) is 12.1 Å². The molecule has 10 heavy (non-hydrogen) atoms. The predicted molar refractivity (Wildman–Crippen MR) is 46.8 cm³/mol. The number of rotatable bonds is 1. The van der Waals surface area contributed by atoms with Gasteiger partial charge in [0.1, 0.15) is 0 Å². The number of anilines is 1. The molecule has 0 aliphatic heterocycles. The minimum atomic E-state index is 0. The Kier molecular flexibility index (Phi) is 4.27. The number of benzene rings is 1. The van der Waals surface area contributed by atoms with Crippen molar-refractivity contribution in [2.45, 2.75) is 0 Å². The Morgan fingerprint density at radius 3 is 2.40 bits per heavy atom. The molecule has 2 heteroatoms. The van der Waals surface area contributed by atoms with Gasteiger partial charge in [0, 0.05) is 19.8 Å². The molecule has 0 heterocycles. The van der Waals surface area contributed by atoms with Crippen molar-refractivity contribution < 1.29 is 0 Å². The van der Waals surface area contributed by atoms with Gasteiger partial charge in [0.05, 0.1) is 0 Å². The first-order valence-electron chi connectivity index (χ1n) is 2.94. The van der Waals surface area contributed by atoms with E-state index in [1.54, 1.807) is 0 Å². The molecule has 1 radical (unpaired) electrons. The molecular weight excluding hydrogens is 117 g/mol. The first-order chi connectivity index (χ1) is 4.30. The second kappa shape index (κ2) is 4.44. The minimum absolute atomic E-state index is 0. The molecule has 0 aromatic heterocycles. The van der Waals surface area contributed by atoms with E-state index in [0.29, 0.717) is 0 Å². The Labute approximate surface area is 74.2 Å². The molecule has 0 amide bonds. The molecule has 0 aliphatic rings. The molecule has 0 saturated heterocycles. The molecule has 1 nitrogen and oxygen atoms in total. The van der Waals surface area contributed by atoms with E-state index in [9.17, 15) is 0 Å². The summed E-state index contributed by atoms with van der Waals surface area (Å²) in [5, 5.41) is 0. The maximum absolute atomic E-state index is 3.00. The van der Waals surface area contributed by atoms with Crippen LogP contribution in [-0.2, 0) is 0 Å². The third-order valence-electron chi connectivity index (χ3n) is 1.21. The van der Waals surface area contributed by atoms with Crippen LogP contribution in [0.2, 0.25) is 0 Å². The van der Waals surface area contributed by atoms with Gasteiger partial charge < -0.3 is 4.90 Å². The summed E-state index contributed by atoms with van der Waals surface area (Å²) in [4.78, 5) is 2.05. The van der Waals surface area contributed by atoms with Gasteiger partial charge in [-0.05, 0) is 18.2 Å². The standard InChI is InChI=1S/C8H10N.Li.H/c1-9(2)8-6-4-3-5-7-8;;/h3-4,6-7H,1-2H3;;. The number of nitrogens with zero attached hydrogens (tertiary/aromatic N) is 1. The van der Waals surface area contributed by atoms with Crippen molar-refractivity contribution in [3.8, 4) is 0 Å². The van der Waals surface area contributed by atoms with Gasteiger partial charge in [-0.2, -0.15) is 0 Å². The zero-order valence-corrected chi connectivity index (χ0v) is 5.76. The van der Waals surface area contributed by atoms with E-state index >= 15 is 0 Å². The monoisotopic (exact) mass is 128 g/mol. The zero-order chi connectivity index (χ0) is 6.69. The van der Waals surface area contributed by atoms with Gasteiger partial charge in [0.2, 0.25) is 0 Å². The quantitative estimate of drug-likeness (QED) is 0.508. The molecular formula is C8H11LiN. The van der Waals surface area contributed by atoms with Crippen LogP contribution in [-0.4, -0.2) is 33.0 Å². The van der Waals surface area contributed by atoms with Crippen LogP contribution in [0.15, 0.2) is 24.3 Å². The van der Waals surface area contributed by atoms with Crippen LogP contribution in [0.3, 0.4) is 0 Å². The third-order valence-corrected chi connectivity index (χ3v) is 1.21. The van der Waals surface area contributed by atoms with E-state index in [-0.39, 0.29) is 18.9 Å². The van der Waals surface area contributed by atoms with Crippen LogP contribution in [0.1, 0.15) is 0 Å². The normalized spacial score (nSPS) is 8.20. The Balaban J connectivity index is 0.000000810. The van der Waals surface area contributed by atoms with Gasteiger partial charge in [-0.25, -0.2) is 0 Å². The molecule has 0 saturated carbocycles. The van der Waals surface area contributed by atoms with E-state index in [0.717, 1.165) is 0 Å². The fourth-order valence-electron chi connectivity index (χ4n) is 0.662. The van der Waals surface area contributed by atoms with Crippen LogP contribution < -0.4 is 4.90 Å². The summed E-state index contributed by atoms with van der Waals surface area (Å²) in [6, 6.07) is 10.9. The van der Waals surface area contributed by atoms with Crippen molar-refractivity contribution in [3.63, 3.8) is 0 Å². The van der Waals surface area contributed by atoms with Gasteiger partial charge in [-0.15, -0.1) is 0 Å². The van der Waals surface area contributed by atoms with E-state index in [1.807, 2.05) is 32.3 Å². The summed E-state index contributed by atoms with van der Waals surface area (Å²) >= 11 is 0. The summed E-state index contributed by atoms with van der Waals surface area (Å²) in [7, 11) is 4.03. The number of hydrogen-bond donors (Lipinski definition) is 0. The van der Waals surface area contributed by atoms with E-state index in [1.165, 1.54) is 5.69 Å². The summed E-state index contributed by atoms with van der Waals surface area (Å²) in [6.07, 6.45) is 0. The van der Waals surface area contributed by atoms with E-state index in [4.69, 9.17) is 0 Å². The molecule has 1 aromatic rings. The van der Waals surface area contributed by atoms with Crippen molar-refractivity contribution >= 4 is 24.5 Å². The average Bonchev–Trinajstić information content (AvgIpc) is 1.90. The Morgan fingerprint density at radius 2 is 2.10 bits per heavy atom. The van der Waals surface area contributed by atoms with Crippen molar-refractivity contribution in [2.75, 3.05) is 19.0 Å². The average molecular weight is 128 g/mol. The van der Waals surface area contributed by atoms with Crippen LogP contribution >= 0.6 is 0 Å². The van der Waals surface area contributed by atoms with Gasteiger partial charge in [0.15, 0.2) is 0 Å². The molecule has 0 fully saturated rings. The molecule has 1 rings (SSSR count). The first kappa shape index (κ1) is 9.62. The van der Waals surface area contributed by atoms with Crippen LogP contribution in [0.5, 0.6) is 0 Å². The predicted octanol–water partition coefficient (Wildman–Crippen LogP) is 0.904. The maximum atomic E-state index is 3.00. The summed E-state index contributed by atoms with van der Waals surface area (Å²) in [5.74, 6) is 0. The summed E-state index contributed by atoms with van der Waals surface area (Å²) in [5.41, 5.74) is 1.19. The fraction of sp³-hybridized carbons (Fsp3) is 0.250. The van der Waals surface area contributed by atoms with Crippen LogP contribution in [0, 0.1) is 6.07 Å². The second-order valence-electron chi connectivity index (χ2n) is 2.16. The first-order valence-corrected chi connectivity index (χ1v) is 2.94. The number of hydrogen-bond acceptors (Lipinski definition) is 1. The van der Waals surface area contributed by atoms with Crippen molar-refractivity contribution in [1.29, 1.82) is 0 Å². The van der Waals surface area contributed by atoms with Gasteiger partial charge in [0.25, 0.3) is 0 Å². The van der Waals surface area contributed by atoms with E-state index < -0.39 is 0 Å². The SMILES string of the molecule is CN(C)c1c[c]ccc1.[LiH]. The Hall–Kier alpha value is -0.383. The van der Waals surface area contributed by atoms with Crippen LogP contribution in [0.25, 0.3) is 0 Å². The molecule has 0 bridgehead atoms. The summed E-state index contributed by atoms with van der Waals surface area (Å²) < 4.78 is 0. The molecule has 0 unspecified atom stereocenters. The van der Waals surface area contributed by atoms with Crippen molar-refractivity contribution in [1.82, 2.24) is 0 Å². The molecule has 1 aromatic carbocycles. The Bertz CT molecular complexity index is 172. The second-order valence-corrected chi connectivity index (χ2v) is 2.16. The van der Waals surface area contributed by atoms with Crippen molar-refractivity contribution in [3.05, 3.63) is 30.3 Å². The topological polar surface area (TPSA) is 3.24 Å². The zero-order valence-electron chi connectivity index (χ0n) is 5.76. The molecule has 49 valence electrons. The van der Waals surface area contributed by atoms with Crippen LogP contribution in [0.4, 0.5) is 5.69 Å². The van der Waals surface area contributed by atoms with Gasteiger partial charge >= 0.3 is 18.9 Å². The van der Waals surface area contributed by atoms with E-state index in [2.05, 4.69) is 17.0 Å². The molecule has 0 spiro atoms. The third kappa shape index (κ3) is 2.47. The fourth-order valence-corrected chi connectivity index (χ4v) is 0.662. The molecule has 0 N–H and O–H groups in total. The molecule has 0 aliphatic carbocycles. The van der Waals surface area contributed by atoms with Crippen molar-refractivity contribution in [2.24, 2.45) is 0 Å². The van der Waals surface area contributed by atoms with Gasteiger partial charge in [-0.3, -0.25) is 0 Å². The summed E-state index contributed by atoms with van der Waals surface area (Å²) in [6.45, 7) is 0.